The molecule has 17 heavy (non-hydrogen) atoms. The van der Waals surface area contributed by atoms with Crippen LogP contribution in [0.3, 0.4) is 0 Å². The average Bonchev–Trinajstić information content (AvgIpc) is 2.96. The maximum atomic E-state index is 6.07. The number of hydrogen-bond donors (Lipinski definition) is 1. The Morgan fingerprint density at radius 2 is 2.41 bits per heavy atom. The van der Waals surface area contributed by atoms with Crippen LogP contribution >= 0.6 is 22.9 Å². The summed E-state index contributed by atoms with van der Waals surface area (Å²) in [5, 5.41) is 3.71. The normalized spacial score (nSPS) is 29.5. The molecular weight excluding hydrogens is 254 g/mol. The van der Waals surface area contributed by atoms with Crippen LogP contribution in [0.25, 0.3) is 0 Å². The van der Waals surface area contributed by atoms with Crippen molar-refractivity contribution in [1.29, 1.82) is 0 Å². The maximum Gasteiger partial charge on any atom is 0.0934 e. The van der Waals surface area contributed by atoms with E-state index >= 15 is 0 Å². The summed E-state index contributed by atoms with van der Waals surface area (Å²) in [6.07, 6.45) is 5.17. The van der Waals surface area contributed by atoms with Crippen molar-refractivity contribution in [2.75, 3.05) is 6.61 Å². The van der Waals surface area contributed by atoms with Gasteiger partial charge in [0, 0.05) is 23.6 Å². The Morgan fingerprint density at radius 1 is 1.53 bits per heavy atom. The Balaban J connectivity index is 1.66. The van der Waals surface area contributed by atoms with E-state index in [2.05, 4.69) is 18.3 Å². The van der Waals surface area contributed by atoms with Gasteiger partial charge in [-0.15, -0.1) is 11.3 Å². The minimum atomic E-state index is 0.396. The number of rotatable bonds is 3. The van der Waals surface area contributed by atoms with Crippen LogP contribution in [0.15, 0.2) is 6.07 Å². The number of thiophene rings is 1. The molecule has 0 aromatic carbocycles. The van der Waals surface area contributed by atoms with E-state index in [-0.39, 0.29) is 0 Å². The monoisotopic (exact) mass is 271 g/mol. The largest absolute Gasteiger partial charge is 0.377 e. The molecule has 0 radical (unpaired) electrons. The van der Waals surface area contributed by atoms with Crippen LogP contribution in [-0.4, -0.2) is 18.8 Å². The first kappa shape index (κ1) is 12.0. The summed E-state index contributed by atoms with van der Waals surface area (Å²) in [6, 6.07) is 3.05. The van der Waals surface area contributed by atoms with Gasteiger partial charge < -0.3 is 10.1 Å². The number of hydrogen-bond acceptors (Lipinski definition) is 3. The number of ether oxygens (including phenoxy) is 1. The molecule has 2 nitrogen and oxygen atoms in total. The van der Waals surface area contributed by atoms with Crippen molar-refractivity contribution in [2.24, 2.45) is 0 Å². The van der Waals surface area contributed by atoms with E-state index in [4.69, 9.17) is 16.3 Å². The molecule has 1 fully saturated rings. The van der Waals surface area contributed by atoms with Crippen molar-refractivity contribution in [3.05, 3.63) is 20.8 Å². The lowest BCUT2D eigenvalue weighted by Crippen LogP contribution is -2.38. The Morgan fingerprint density at radius 3 is 3.18 bits per heavy atom. The second-order valence-electron chi connectivity index (χ2n) is 5.03. The Hall–Kier alpha value is -0.0900. The molecule has 0 spiro atoms. The molecule has 3 unspecified atom stereocenters. The molecule has 0 amide bonds. The highest BCUT2D eigenvalue weighted by molar-refractivity contribution is 7.16. The zero-order chi connectivity index (χ0) is 11.8. The molecule has 2 heterocycles. The number of halogens is 1. The minimum Gasteiger partial charge on any atom is -0.377 e. The third kappa shape index (κ3) is 2.39. The molecular formula is C13H18ClNOS. The first-order valence-electron chi connectivity index (χ1n) is 6.40. The summed E-state index contributed by atoms with van der Waals surface area (Å²) < 4.78 is 6.65. The van der Waals surface area contributed by atoms with Crippen molar-refractivity contribution in [3.63, 3.8) is 0 Å². The highest BCUT2D eigenvalue weighted by Crippen LogP contribution is 2.39. The molecule has 3 rings (SSSR count). The molecule has 0 saturated carbocycles. The molecule has 1 saturated heterocycles. The first-order chi connectivity index (χ1) is 8.24. The Kier molecular flexibility index (Phi) is 3.44. The predicted molar refractivity (Wildman–Crippen MR) is 72.0 cm³/mol. The van der Waals surface area contributed by atoms with Crippen LogP contribution in [-0.2, 0) is 11.2 Å². The van der Waals surface area contributed by atoms with Crippen LogP contribution in [0.2, 0.25) is 4.34 Å². The van der Waals surface area contributed by atoms with Gasteiger partial charge in [-0.1, -0.05) is 11.6 Å². The van der Waals surface area contributed by atoms with Crippen molar-refractivity contribution in [2.45, 2.75) is 50.8 Å². The van der Waals surface area contributed by atoms with Gasteiger partial charge in [0.2, 0.25) is 0 Å². The van der Waals surface area contributed by atoms with Gasteiger partial charge in [-0.25, -0.2) is 0 Å². The quantitative estimate of drug-likeness (QED) is 0.908. The fourth-order valence-corrected chi connectivity index (χ4v) is 4.28. The van der Waals surface area contributed by atoms with Gasteiger partial charge in [0.05, 0.1) is 10.4 Å². The summed E-state index contributed by atoms with van der Waals surface area (Å²) >= 11 is 7.81. The number of fused-ring (bicyclic) bond motifs is 1. The zero-order valence-electron chi connectivity index (χ0n) is 10.0. The molecule has 1 N–H and O–H groups in total. The fraction of sp³-hybridized carbons (Fsp3) is 0.692. The predicted octanol–water partition coefficient (Wildman–Crippen LogP) is 3.55. The second-order valence-corrected chi connectivity index (χ2v) is 6.80. The summed E-state index contributed by atoms with van der Waals surface area (Å²) in [5.74, 6) is 0. The van der Waals surface area contributed by atoms with Gasteiger partial charge >= 0.3 is 0 Å². The van der Waals surface area contributed by atoms with Crippen LogP contribution in [0.4, 0.5) is 0 Å². The van der Waals surface area contributed by atoms with Crippen LogP contribution in [0.5, 0.6) is 0 Å². The third-order valence-electron chi connectivity index (χ3n) is 3.83. The molecule has 0 bridgehead atoms. The van der Waals surface area contributed by atoms with Crippen LogP contribution in [0, 0.1) is 0 Å². The Bertz CT molecular complexity index is 400. The summed E-state index contributed by atoms with van der Waals surface area (Å²) in [4.78, 5) is 1.46. The van der Waals surface area contributed by atoms with E-state index in [1.54, 1.807) is 11.3 Å². The summed E-state index contributed by atoms with van der Waals surface area (Å²) in [6.45, 7) is 3.17. The van der Waals surface area contributed by atoms with E-state index in [0.29, 0.717) is 18.2 Å². The van der Waals surface area contributed by atoms with E-state index < -0.39 is 0 Å². The summed E-state index contributed by atoms with van der Waals surface area (Å²) in [5.41, 5.74) is 1.42. The standard InChI is InChI=1S/C13H18ClNOS/c1-8(11-3-2-6-16-11)15-10-4-5-12-9(10)7-13(14)17-12/h7-8,10-11,15H,2-6H2,1H3. The van der Waals surface area contributed by atoms with Crippen molar-refractivity contribution in [3.8, 4) is 0 Å². The van der Waals surface area contributed by atoms with Crippen LogP contribution < -0.4 is 5.32 Å². The van der Waals surface area contributed by atoms with E-state index in [1.807, 2.05) is 0 Å². The molecule has 1 aromatic rings. The minimum absolute atomic E-state index is 0.396. The highest BCUT2D eigenvalue weighted by atomic mass is 35.5. The van der Waals surface area contributed by atoms with Gasteiger partial charge in [0.15, 0.2) is 0 Å². The molecule has 94 valence electrons. The number of nitrogens with one attached hydrogen (secondary N) is 1. The first-order valence-corrected chi connectivity index (χ1v) is 7.59. The lowest BCUT2D eigenvalue weighted by atomic mass is 10.1. The van der Waals surface area contributed by atoms with Gasteiger partial charge in [-0.2, -0.15) is 0 Å². The topological polar surface area (TPSA) is 21.3 Å². The Labute approximate surface area is 111 Å². The van der Waals surface area contributed by atoms with Gasteiger partial charge in [0.25, 0.3) is 0 Å². The highest BCUT2D eigenvalue weighted by Gasteiger charge is 2.29. The third-order valence-corrected chi connectivity index (χ3v) is 5.17. The van der Waals surface area contributed by atoms with Gasteiger partial charge in [0.1, 0.15) is 0 Å². The second kappa shape index (κ2) is 4.88. The van der Waals surface area contributed by atoms with Crippen LogP contribution in [0.1, 0.15) is 42.7 Å². The fourth-order valence-electron chi connectivity index (χ4n) is 2.92. The van der Waals surface area contributed by atoms with Crippen molar-refractivity contribution in [1.82, 2.24) is 5.32 Å². The molecule has 1 aromatic heterocycles. The average molecular weight is 272 g/mol. The van der Waals surface area contributed by atoms with E-state index in [1.165, 1.54) is 36.1 Å². The van der Waals surface area contributed by atoms with E-state index in [0.717, 1.165) is 10.9 Å². The smallest absolute Gasteiger partial charge is 0.0934 e. The zero-order valence-corrected chi connectivity index (χ0v) is 11.6. The summed E-state index contributed by atoms with van der Waals surface area (Å²) in [7, 11) is 0. The van der Waals surface area contributed by atoms with Crippen molar-refractivity contribution >= 4 is 22.9 Å². The lowest BCUT2D eigenvalue weighted by Gasteiger charge is -2.24. The molecule has 2 aliphatic rings. The molecule has 4 heteroatoms. The molecule has 1 aliphatic heterocycles. The maximum absolute atomic E-state index is 6.07. The SMILES string of the molecule is CC(NC1CCc2sc(Cl)cc21)C1CCCO1. The molecule has 1 aliphatic carbocycles. The lowest BCUT2D eigenvalue weighted by molar-refractivity contribution is 0.0797. The molecule has 3 atom stereocenters. The number of aryl methyl sites for hydroxylation is 1. The van der Waals surface area contributed by atoms with Gasteiger partial charge in [-0.3, -0.25) is 0 Å². The van der Waals surface area contributed by atoms with Crippen molar-refractivity contribution < 1.29 is 4.74 Å². The van der Waals surface area contributed by atoms with E-state index in [9.17, 15) is 0 Å². The van der Waals surface area contributed by atoms with Gasteiger partial charge in [-0.05, 0) is 44.2 Å².